The van der Waals surface area contributed by atoms with Crippen molar-refractivity contribution in [2.24, 2.45) is 5.92 Å². The van der Waals surface area contributed by atoms with Gasteiger partial charge >= 0.3 is 0 Å². The van der Waals surface area contributed by atoms with Crippen molar-refractivity contribution in [2.75, 3.05) is 26.2 Å². The quantitative estimate of drug-likeness (QED) is 0.829. The summed E-state index contributed by atoms with van der Waals surface area (Å²) in [5, 5.41) is 0. The zero-order valence-electron chi connectivity index (χ0n) is 12.2. The Morgan fingerprint density at radius 2 is 1.76 bits per heavy atom. The summed E-state index contributed by atoms with van der Waals surface area (Å²) in [6.45, 7) is 3.15. The number of likely N-dealkylation sites (tertiary alicyclic amines) is 2. The van der Waals surface area contributed by atoms with Crippen molar-refractivity contribution in [2.45, 2.75) is 25.7 Å². The third-order valence-electron chi connectivity index (χ3n) is 4.46. The van der Waals surface area contributed by atoms with E-state index in [0.29, 0.717) is 24.6 Å². The zero-order valence-corrected chi connectivity index (χ0v) is 12.2. The Morgan fingerprint density at radius 3 is 2.38 bits per heavy atom. The lowest BCUT2D eigenvalue weighted by molar-refractivity contribution is -0.135. The van der Waals surface area contributed by atoms with E-state index in [4.69, 9.17) is 0 Å². The second kappa shape index (κ2) is 6.24. The summed E-state index contributed by atoms with van der Waals surface area (Å²) in [5.41, 5.74) is 0.627. The van der Waals surface area contributed by atoms with Crippen LogP contribution in [0.3, 0.4) is 0 Å². The first kappa shape index (κ1) is 14.0. The van der Waals surface area contributed by atoms with E-state index in [1.165, 1.54) is 0 Å². The van der Waals surface area contributed by atoms with E-state index in [0.717, 1.165) is 38.8 Å². The molecule has 1 aromatic rings. The Kier molecular flexibility index (Phi) is 4.18. The second-order valence-electron chi connectivity index (χ2n) is 5.84. The monoisotopic (exact) mass is 287 g/mol. The molecule has 0 saturated carbocycles. The number of hydrogen-bond acceptors (Lipinski definition) is 3. The third-order valence-corrected chi connectivity index (χ3v) is 4.46. The summed E-state index contributed by atoms with van der Waals surface area (Å²) in [6.07, 6.45) is 7.08. The van der Waals surface area contributed by atoms with Crippen LogP contribution in [-0.2, 0) is 4.79 Å². The minimum Gasteiger partial charge on any atom is -0.342 e. The summed E-state index contributed by atoms with van der Waals surface area (Å²) in [7, 11) is 0. The number of rotatable bonds is 2. The number of pyridine rings is 1. The number of aromatic nitrogens is 1. The van der Waals surface area contributed by atoms with E-state index in [2.05, 4.69) is 4.98 Å². The van der Waals surface area contributed by atoms with E-state index in [1.807, 2.05) is 9.80 Å². The number of amides is 2. The predicted molar refractivity (Wildman–Crippen MR) is 78.7 cm³/mol. The molecule has 3 rings (SSSR count). The van der Waals surface area contributed by atoms with Crippen LogP contribution in [0, 0.1) is 5.92 Å². The molecule has 1 aromatic heterocycles. The summed E-state index contributed by atoms with van der Waals surface area (Å²) >= 11 is 0. The van der Waals surface area contributed by atoms with E-state index in [9.17, 15) is 9.59 Å². The number of carbonyl (C=O) groups is 2. The Bertz CT molecular complexity index is 504. The van der Waals surface area contributed by atoms with Gasteiger partial charge in [-0.05, 0) is 37.8 Å². The van der Waals surface area contributed by atoms with Gasteiger partial charge in [0.25, 0.3) is 5.91 Å². The van der Waals surface area contributed by atoms with Crippen LogP contribution in [0.25, 0.3) is 0 Å². The van der Waals surface area contributed by atoms with Crippen molar-refractivity contribution < 1.29 is 9.59 Å². The number of carbonyl (C=O) groups excluding carboxylic acids is 2. The summed E-state index contributed by atoms with van der Waals surface area (Å²) in [4.78, 5) is 32.5. The van der Waals surface area contributed by atoms with Gasteiger partial charge in [-0.3, -0.25) is 14.6 Å². The second-order valence-corrected chi connectivity index (χ2v) is 5.84. The number of hydrogen-bond donors (Lipinski definition) is 0. The van der Waals surface area contributed by atoms with Crippen LogP contribution in [-0.4, -0.2) is 52.8 Å². The van der Waals surface area contributed by atoms with Gasteiger partial charge in [-0.1, -0.05) is 0 Å². The van der Waals surface area contributed by atoms with Crippen LogP contribution >= 0.6 is 0 Å². The smallest absolute Gasteiger partial charge is 0.255 e. The van der Waals surface area contributed by atoms with E-state index in [1.54, 1.807) is 24.5 Å². The van der Waals surface area contributed by atoms with Gasteiger partial charge in [-0.2, -0.15) is 0 Å². The van der Waals surface area contributed by atoms with Gasteiger partial charge < -0.3 is 9.80 Å². The van der Waals surface area contributed by atoms with Gasteiger partial charge in [0.05, 0.1) is 5.56 Å². The third kappa shape index (κ3) is 3.06. The maximum Gasteiger partial charge on any atom is 0.255 e. The van der Waals surface area contributed by atoms with Crippen molar-refractivity contribution in [3.8, 4) is 0 Å². The van der Waals surface area contributed by atoms with Crippen LogP contribution in [0.5, 0.6) is 0 Å². The first-order valence-corrected chi connectivity index (χ1v) is 7.74. The first-order valence-electron chi connectivity index (χ1n) is 7.74. The first-order chi connectivity index (χ1) is 10.3. The Hall–Kier alpha value is -1.91. The van der Waals surface area contributed by atoms with Crippen molar-refractivity contribution in [3.63, 3.8) is 0 Å². The van der Waals surface area contributed by atoms with Gasteiger partial charge in [0.1, 0.15) is 0 Å². The van der Waals surface area contributed by atoms with Gasteiger partial charge in [-0.25, -0.2) is 0 Å². The van der Waals surface area contributed by atoms with Crippen LogP contribution < -0.4 is 0 Å². The summed E-state index contributed by atoms with van der Waals surface area (Å²) in [6, 6.07) is 3.56. The van der Waals surface area contributed by atoms with Crippen LogP contribution in [0.15, 0.2) is 24.5 Å². The minimum atomic E-state index is 0.0233. The van der Waals surface area contributed by atoms with E-state index >= 15 is 0 Å². The molecule has 3 heterocycles. The zero-order chi connectivity index (χ0) is 14.7. The molecule has 2 saturated heterocycles. The molecule has 0 aromatic carbocycles. The molecule has 0 aliphatic carbocycles. The fourth-order valence-electron chi connectivity index (χ4n) is 3.20. The molecule has 0 radical (unpaired) electrons. The molecule has 0 atom stereocenters. The molecule has 2 aliphatic rings. The largest absolute Gasteiger partial charge is 0.342 e. The maximum atomic E-state index is 12.4. The SMILES string of the molecule is O=C(c1cccnc1)N1CCC(C(=O)N2CCCC2)CC1. The van der Waals surface area contributed by atoms with Gasteiger partial charge in [0.15, 0.2) is 0 Å². The molecule has 2 amide bonds. The van der Waals surface area contributed by atoms with Crippen molar-refractivity contribution in [1.82, 2.24) is 14.8 Å². The summed E-state index contributed by atoms with van der Waals surface area (Å²) in [5.74, 6) is 0.414. The molecule has 0 bridgehead atoms. The van der Waals surface area contributed by atoms with Gasteiger partial charge in [-0.15, -0.1) is 0 Å². The lowest BCUT2D eigenvalue weighted by atomic mass is 9.95. The Labute approximate surface area is 124 Å². The lowest BCUT2D eigenvalue weighted by Crippen LogP contribution is -2.43. The molecular formula is C16H21N3O2. The standard InChI is InChI=1S/C16H21N3O2/c20-15(18-8-1-2-9-18)13-5-10-19(11-6-13)16(21)14-4-3-7-17-12-14/h3-4,7,12-13H,1-2,5-6,8-11H2. The highest BCUT2D eigenvalue weighted by Crippen LogP contribution is 2.23. The molecule has 0 N–H and O–H groups in total. The minimum absolute atomic E-state index is 0.0233. The van der Waals surface area contributed by atoms with E-state index in [-0.39, 0.29) is 11.8 Å². The topological polar surface area (TPSA) is 53.5 Å². The average molecular weight is 287 g/mol. The fraction of sp³-hybridized carbons (Fsp3) is 0.562. The summed E-state index contributed by atoms with van der Waals surface area (Å²) < 4.78 is 0. The molecular weight excluding hydrogens is 266 g/mol. The van der Waals surface area contributed by atoms with Crippen molar-refractivity contribution >= 4 is 11.8 Å². The van der Waals surface area contributed by atoms with E-state index < -0.39 is 0 Å². The average Bonchev–Trinajstić information content (AvgIpc) is 3.09. The Balaban J connectivity index is 1.55. The molecule has 5 nitrogen and oxygen atoms in total. The highest BCUT2D eigenvalue weighted by Gasteiger charge is 2.31. The Morgan fingerprint density at radius 1 is 1.05 bits per heavy atom. The highest BCUT2D eigenvalue weighted by molar-refractivity contribution is 5.94. The van der Waals surface area contributed by atoms with Crippen molar-refractivity contribution in [3.05, 3.63) is 30.1 Å². The number of piperidine rings is 1. The maximum absolute atomic E-state index is 12.4. The molecule has 0 spiro atoms. The van der Waals surface area contributed by atoms with Crippen LogP contribution in [0.1, 0.15) is 36.0 Å². The fourth-order valence-corrected chi connectivity index (χ4v) is 3.20. The van der Waals surface area contributed by atoms with Crippen LogP contribution in [0.2, 0.25) is 0 Å². The van der Waals surface area contributed by atoms with Gasteiger partial charge in [0, 0.05) is 44.5 Å². The number of nitrogens with zero attached hydrogens (tertiary/aromatic N) is 3. The molecule has 0 unspecified atom stereocenters. The molecule has 2 aliphatic heterocycles. The molecule has 21 heavy (non-hydrogen) atoms. The predicted octanol–water partition coefficient (Wildman–Crippen LogP) is 1.56. The van der Waals surface area contributed by atoms with Gasteiger partial charge in [0.2, 0.25) is 5.91 Å². The molecule has 2 fully saturated rings. The molecule has 112 valence electrons. The molecule has 5 heteroatoms. The lowest BCUT2D eigenvalue weighted by Gasteiger charge is -2.33. The normalized spacial score (nSPS) is 19.8. The van der Waals surface area contributed by atoms with Crippen molar-refractivity contribution in [1.29, 1.82) is 0 Å². The highest BCUT2D eigenvalue weighted by atomic mass is 16.2. The van der Waals surface area contributed by atoms with Crippen LogP contribution in [0.4, 0.5) is 0 Å².